The van der Waals surface area contributed by atoms with Crippen LogP contribution >= 0.6 is 0 Å². The minimum absolute atomic E-state index is 1.03. The summed E-state index contributed by atoms with van der Waals surface area (Å²) >= 11 is 0. The summed E-state index contributed by atoms with van der Waals surface area (Å²) < 4.78 is 5.38. The molecule has 1 aromatic heterocycles. The predicted octanol–water partition coefficient (Wildman–Crippen LogP) is 3.36. The van der Waals surface area contributed by atoms with Crippen molar-refractivity contribution in [3.8, 4) is 0 Å². The number of hydrogen-bond acceptors (Lipinski definition) is 1. The molecule has 2 aromatic rings. The van der Waals surface area contributed by atoms with Crippen LogP contribution in [0.1, 0.15) is 16.7 Å². The second-order valence-corrected chi connectivity index (χ2v) is 3.30. The van der Waals surface area contributed by atoms with Crippen LogP contribution in [-0.2, 0) is 0 Å². The third-order valence-electron chi connectivity index (χ3n) is 2.45. The molecule has 12 heavy (non-hydrogen) atoms. The van der Waals surface area contributed by atoms with Gasteiger partial charge in [0.05, 0.1) is 6.26 Å². The van der Waals surface area contributed by atoms with Crippen LogP contribution in [0, 0.1) is 20.8 Å². The summed E-state index contributed by atoms with van der Waals surface area (Å²) in [6.45, 7) is 6.35. The van der Waals surface area contributed by atoms with Crippen LogP contribution in [0.4, 0.5) is 0 Å². The van der Waals surface area contributed by atoms with Gasteiger partial charge in [0.15, 0.2) is 0 Å². The molecule has 0 amide bonds. The standard InChI is InChI=1S/C11H12O/c1-7-6-8(2)11-10(9(7)3)4-5-12-11/h4-6H,1-3H3. The van der Waals surface area contributed by atoms with Crippen LogP contribution in [0.25, 0.3) is 11.0 Å². The number of hydrogen-bond donors (Lipinski definition) is 0. The van der Waals surface area contributed by atoms with Crippen LogP contribution in [-0.4, -0.2) is 0 Å². The van der Waals surface area contributed by atoms with Gasteiger partial charge in [-0.05, 0) is 43.5 Å². The first-order valence-electron chi connectivity index (χ1n) is 4.14. The van der Waals surface area contributed by atoms with E-state index in [2.05, 4.69) is 26.8 Å². The molecule has 0 bridgehead atoms. The Hall–Kier alpha value is -1.24. The molecule has 0 aliphatic carbocycles. The zero-order chi connectivity index (χ0) is 8.72. The fourth-order valence-corrected chi connectivity index (χ4v) is 1.62. The molecule has 62 valence electrons. The lowest BCUT2D eigenvalue weighted by atomic mass is 10.0. The molecule has 1 heteroatoms. The molecule has 1 nitrogen and oxygen atoms in total. The van der Waals surface area contributed by atoms with Crippen LogP contribution < -0.4 is 0 Å². The minimum atomic E-state index is 1.03. The fraction of sp³-hybridized carbons (Fsp3) is 0.273. The summed E-state index contributed by atoms with van der Waals surface area (Å²) in [5.41, 5.74) is 4.90. The maximum absolute atomic E-state index is 5.38. The Bertz CT molecular complexity index is 424. The van der Waals surface area contributed by atoms with E-state index in [1.54, 1.807) is 6.26 Å². The van der Waals surface area contributed by atoms with Gasteiger partial charge in [-0.15, -0.1) is 0 Å². The molecule has 0 saturated heterocycles. The second kappa shape index (κ2) is 2.37. The summed E-state index contributed by atoms with van der Waals surface area (Å²) in [6.07, 6.45) is 1.75. The van der Waals surface area contributed by atoms with Crippen molar-refractivity contribution in [3.63, 3.8) is 0 Å². The van der Waals surface area contributed by atoms with Gasteiger partial charge in [0.1, 0.15) is 5.58 Å². The van der Waals surface area contributed by atoms with Crippen molar-refractivity contribution in [2.24, 2.45) is 0 Å². The van der Waals surface area contributed by atoms with Crippen molar-refractivity contribution >= 4 is 11.0 Å². The summed E-state index contributed by atoms with van der Waals surface area (Å²) in [6, 6.07) is 4.20. The van der Waals surface area contributed by atoms with Crippen molar-refractivity contribution in [3.05, 3.63) is 35.1 Å². The smallest absolute Gasteiger partial charge is 0.137 e. The Morgan fingerprint density at radius 2 is 1.83 bits per heavy atom. The molecular weight excluding hydrogens is 148 g/mol. The molecule has 0 aliphatic rings. The Balaban J connectivity index is 2.97. The fourth-order valence-electron chi connectivity index (χ4n) is 1.62. The third-order valence-corrected chi connectivity index (χ3v) is 2.45. The van der Waals surface area contributed by atoms with Gasteiger partial charge in [-0.2, -0.15) is 0 Å². The van der Waals surface area contributed by atoms with Crippen molar-refractivity contribution in [2.45, 2.75) is 20.8 Å². The first kappa shape index (κ1) is 7.41. The molecule has 0 radical (unpaired) electrons. The normalized spacial score (nSPS) is 10.9. The monoisotopic (exact) mass is 160 g/mol. The highest BCUT2D eigenvalue weighted by Gasteiger charge is 2.05. The zero-order valence-electron chi connectivity index (χ0n) is 7.64. The molecule has 1 aromatic carbocycles. The van der Waals surface area contributed by atoms with Gasteiger partial charge in [-0.25, -0.2) is 0 Å². The van der Waals surface area contributed by atoms with Crippen molar-refractivity contribution in [2.75, 3.05) is 0 Å². The topological polar surface area (TPSA) is 13.1 Å². The van der Waals surface area contributed by atoms with Crippen molar-refractivity contribution in [1.29, 1.82) is 0 Å². The van der Waals surface area contributed by atoms with E-state index in [4.69, 9.17) is 4.42 Å². The molecule has 2 rings (SSSR count). The van der Waals surface area contributed by atoms with Crippen LogP contribution in [0.3, 0.4) is 0 Å². The highest BCUT2D eigenvalue weighted by Crippen LogP contribution is 2.25. The van der Waals surface area contributed by atoms with Gasteiger partial charge < -0.3 is 4.42 Å². The van der Waals surface area contributed by atoms with E-state index in [0.29, 0.717) is 0 Å². The molecule has 0 unspecified atom stereocenters. The first-order valence-corrected chi connectivity index (χ1v) is 4.14. The van der Waals surface area contributed by atoms with Gasteiger partial charge >= 0.3 is 0 Å². The van der Waals surface area contributed by atoms with E-state index in [9.17, 15) is 0 Å². The van der Waals surface area contributed by atoms with E-state index in [1.165, 1.54) is 22.1 Å². The molecule has 0 spiro atoms. The molecule has 0 N–H and O–H groups in total. The lowest BCUT2D eigenvalue weighted by Crippen LogP contribution is -1.83. The summed E-state index contributed by atoms with van der Waals surface area (Å²) in [5, 5.41) is 1.24. The Morgan fingerprint density at radius 1 is 1.08 bits per heavy atom. The van der Waals surface area contributed by atoms with Crippen molar-refractivity contribution < 1.29 is 4.42 Å². The van der Waals surface area contributed by atoms with Crippen LogP contribution in [0.15, 0.2) is 22.8 Å². The number of fused-ring (bicyclic) bond motifs is 1. The lowest BCUT2D eigenvalue weighted by Gasteiger charge is -2.02. The van der Waals surface area contributed by atoms with E-state index in [0.717, 1.165) is 5.58 Å². The van der Waals surface area contributed by atoms with Gasteiger partial charge in [-0.3, -0.25) is 0 Å². The molecule has 1 heterocycles. The summed E-state index contributed by atoms with van der Waals surface area (Å²) in [7, 11) is 0. The average Bonchev–Trinajstić information content (AvgIpc) is 2.48. The quantitative estimate of drug-likeness (QED) is 0.576. The minimum Gasteiger partial charge on any atom is -0.464 e. The summed E-state index contributed by atoms with van der Waals surface area (Å²) in [5.74, 6) is 0. The summed E-state index contributed by atoms with van der Waals surface area (Å²) in [4.78, 5) is 0. The van der Waals surface area contributed by atoms with Gasteiger partial charge in [0, 0.05) is 5.39 Å². The molecule has 0 aliphatic heterocycles. The first-order chi connectivity index (χ1) is 5.70. The molecular formula is C11H12O. The van der Waals surface area contributed by atoms with Crippen molar-refractivity contribution in [1.82, 2.24) is 0 Å². The largest absolute Gasteiger partial charge is 0.464 e. The zero-order valence-corrected chi connectivity index (χ0v) is 7.64. The Morgan fingerprint density at radius 3 is 2.58 bits per heavy atom. The van der Waals surface area contributed by atoms with E-state index in [-0.39, 0.29) is 0 Å². The molecule has 0 saturated carbocycles. The van der Waals surface area contributed by atoms with Gasteiger partial charge in [-0.1, -0.05) is 6.07 Å². The third kappa shape index (κ3) is 0.860. The Kier molecular flexibility index (Phi) is 1.47. The van der Waals surface area contributed by atoms with Gasteiger partial charge in [0.2, 0.25) is 0 Å². The lowest BCUT2D eigenvalue weighted by molar-refractivity contribution is 0.613. The Labute approximate surface area is 72.0 Å². The maximum Gasteiger partial charge on any atom is 0.137 e. The average molecular weight is 160 g/mol. The number of benzene rings is 1. The predicted molar refractivity (Wildman–Crippen MR) is 50.4 cm³/mol. The second-order valence-electron chi connectivity index (χ2n) is 3.30. The van der Waals surface area contributed by atoms with Crippen LogP contribution in [0.5, 0.6) is 0 Å². The number of furan rings is 1. The molecule has 0 atom stereocenters. The number of rotatable bonds is 0. The molecule has 0 fully saturated rings. The maximum atomic E-state index is 5.38. The van der Waals surface area contributed by atoms with E-state index < -0.39 is 0 Å². The van der Waals surface area contributed by atoms with E-state index in [1.807, 2.05) is 6.07 Å². The SMILES string of the molecule is Cc1cc(C)c2occc2c1C. The highest BCUT2D eigenvalue weighted by atomic mass is 16.3. The highest BCUT2D eigenvalue weighted by molar-refractivity contribution is 5.84. The number of aryl methyl sites for hydroxylation is 3. The van der Waals surface area contributed by atoms with Crippen LogP contribution in [0.2, 0.25) is 0 Å². The van der Waals surface area contributed by atoms with E-state index >= 15 is 0 Å². The van der Waals surface area contributed by atoms with Gasteiger partial charge in [0.25, 0.3) is 0 Å².